The second-order valence-electron chi connectivity index (χ2n) is 10.5. The van der Waals surface area contributed by atoms with E-state index in [-0.39, 0.29) is 0 Å². The lowest BCUT2D eigenvalue weighted by Gasteiger charge is -2.60. The highest BCUT2D eigenvalue weighted by Crippen LogP contribution is 2.68. The molecule has 28 heavy (non-hydrogen) atoms. The minimum Gasteiger partial charge on any atom is -0.198 e. The second-order valence-corrected chi connectivity index (χ2v) is 10.5. The highest BCUT2D eigenvalue weighted by atomic mass is 14.6. The average molecular weight is 388 g/mol. The normalized spacial score (nSPS) is 44.9. The summed E-state index contributed by atoms with van der Waals surface area (Å²) in [6.45, 7) is 15.7. The van der Waals surface area contributed by atoms with Gasteiger partial charge in [-0.25, -0.2) is 0 Å². The summed E-state index contributed by atoms with van der Waals surface area (Å²) in [6, 6.07) is 2.46. The van der Waals surface area contributed by atoms with E-state index in [0.717, 1.165) is 36.0 Å². The quantitative estimate of drug-likeness (QED) is 0.465. The topological polar surface area (TPSA) is 23.8 Å². The van der Waals surface area contributed by atoms with Gasteiger partial charge in [-0.15, -0.1) is 0 Å². The lowest BCUT2D eigenvalue weighted by atomic mass is 9.44. The van der Waals surface area contributed by atoms with Crippen molar-refractivity contribution < 1.29 is 0 Å². The molecule has 4 saturated carbocycles. The zero-order valence-electron chi connectivity index (χ0n) is 20.2. The third kappa shape index (κ3) is 3.91. The molecule has 8 atom stereocenters. The van der Waals surface area contributed by atoms with Crippen molar-refractivity contribution in [3.8, 4) is 6.07 Å². The van der Waals surface area contributed by atoms with E-state index >= 15 is 0 Å². The van der Waals surface area contributed by atoms with Crippen molar-refractivity contribution in [2.75, 3.05) is 0 Å². The maximum atomic E-state index is 9.18. The van der Waals surface area contributed by atoms with Gasteiger partial charge in [-0.1, -0.05) is 61.3 Å². The van der Waals surface area contributed by atoms with E-state index in [1.54, 1.807) is 0 Å². The standard InChI is InChI=1S/C23H37N.2C2H6/c1-16(12-15-24)19-9-10-20-18-8-7-17-6-4-5-13-22(17,2)21(18)11-14-23(19,20)3;2*1-2/h16-21H,4-14H2,1-3H3;2*1-2H3/t16-,17?,18?,19?,20?,21?,22?,23?;;/m1../s1. The third-order valence-electron chi connectivity index (χ3n) is 9.76. The molecule has 0 aromatic heterocycles. The van der Waals surface area contributed by atoms with Crippen LogP contribution in [0, 0.1) is 57.7 Å². The van der Waals surface area contributed by atoms with Gasteiger partial charge in [0.25, 0.3) is 0 Å². The van der Waals surface area contributed by atoms with Crippen molar-refractivity contribution in [1.29, 1.82) is 5.26 Å². The molecule has 0 aromatic rings. The molecule has 0 saturated heterocycles. The van der Waals surface area contributed by atoms with E-state index in [0.29, 0.717) is 16.7 Å². The van der Waals surface area contributed by atoms with Crippen molar-refractivity contribution in [3.63, 3.8) is 0 Å². The predicted molar refractivity (Wildman–Crippen MR) is 122 cm³/mol. The van der Waals surface area contributed by atoms with Gasteiger partial charge in [0, 0.05) is 6.42 Å². The highest BCUT2D eigenvalue weighted by molar-refractivity contribution is 5.09. The largest absolute Gasteiger partial charge is 0.198 e. The van der Waals surface area contributed by atoms with Crippen LogP contribution < -0.4 is 0 Å². The lowest BCUT2D eigenvalue weighted by molar-refractivity contribution is -0.114. The molecule has 4 aliphatic rings. The Morgan fingerprint density at radius 1 is 0.821 bits per heavy atom. The molecule has 0 aliphatic heterocycles. The van der Waals surface area contributed by atoms with Crippen LogP contribution in [-0.2, 0) is 0 Å². The van der Waals surface area contributed by atoms with E-state index in [9.17, 15) is 5.26 Å². The summed E-state index contributed by atoms with van der Waals surface area (Å²) in [6.07, 6.45) is 15.6. The van der Waals surface area contributed by atoms with Gasteiger partial charge in [-0.2, -0.15) is 5.26 Å². The van der Waals surface area contributed by atoms with Crippen molar-refractivity contribution in [2.45, 2.75) is 119 Å². The Morgan fingerprint density at radius 2 is 1.50 bits per heavy atom. The first-order valence-electron chi connectivity index (χ1n) is 12.9. The minimum atomic E-state index is 0.537. The summed E-state index contributed by atoms with van der Waals surface area (Å²) in [5, 5.41) is 9.18. The fraction of sp³-hybridized carbons (Fsp3) is 0.963. The Labute approximate surface area is 177 Å². The number of rotatable bonds is 2. The number of nitriles is 1. The summed E-state index contributed by atoms with van der Waals surface area (Å²) in [5.41, 5.74) is 1.20. The van der Waals surface area contributed by atoms with E-state index < -0.39 is 0 Å². The lowest BCUT2D eigenvalue weighted by Crippen LogP contribution is -2.53. The molecule has 4 aliphatic carbocycles. The molecule has 4 rings (SSSR count). The van der Waals surface area contributed by atoms with Crippen LogP contribution in [0.15, 0.2) is 0 Å². The molecule has 0 N–H and O–H groups in total. The molecule has 0 amide bonds. The average Bonchev–Trinajstić information content (AvgIpc) is 3.08. The smallest absolute Gasteiger partial charge is 0.0624 e. The molecule has 162 valence electrons. The molecule has 0 radical (unpaired) electrons. The van der Waals surface area contributed by atoms with E-state index in [2.05, 4.69) is 26.8 Å². The van der Waals surface area contributed by atoms with E-state index in [1.165, 1.54) is 64.2 Å². The first kappa shape index (κ1) is 23.8. The SMILES string of the molecule is CC.CC.C[C@H](CC#N)C1CCC2C3CCC4CCCCC4(C)C3CCC21C. The summed E-state index contributed by atoms with van der Waals surface area (Å²) < 4.78 is 0. The van der Waals surface area contributed by atoms with Crippen LogP contribution >= 0.6 is 0 Å². The van der Waals surface area contributed by atoms with Crippen LogP contribution in [0.2, 0.25) is 0 Å². The Kier molecular flexibility index (Phi) is 8.49. The zero-order chi connectivity index (χ0) is 20.9. The fourth-order valence-electron chi connectivity index (χ4n) is 8.56. The van der Waals surface area contributed by atoms with Crippen molar-refractivity contribution in [3.05, 3.63) is 0 Å². The van der Waals surface area contributed by atoms with Gasteiger partial charge >= 0.3 is 0 Å². The van der Waals surface area contributed by atoms with Gasteiger partial charge in [-0.05, 0) is 97.7 Å². The summed E-state index contributed by atoms with van der Waals surface area (Å²) >= 11 is 0. The highest BCUT2D eigenvalue weighted by Gasteiger charge is 2.60. The number of hydrogen-bond acceptors (Lipinski definition) is 1. The Bertz CT molecular complexity index is 519. The molecule has 0 spiro atoms. The maximum absolute atomic E-state index is 9.18. The Balaban J connectivity index is 0.000000660. The van der Waals surface area contributed by atoms with Crippen LogP contribution in [0.25, 0.3) is 0 Å². The molecule has 4 fully saturated rings. The number of hydrogen-bond donors (Lipinski definition) is 0. The van der Waals surface area contributed by atoms with Crippen molar-refractivity contribution in [2.24, 2.45) is 46.3 Å². The monoisotopic (exact) mass is 387 g/mol. The molecule has 1 nitrogen and oxygen atoms in total. The van der Waals surface area contributed by atoms with Crippen LogP contribution in [0.4, 0.5) is 0 Å². The van der Waals surface area contributed by atoms with Gasteiger partial charge in [0.2, 0.25) is 0 Å². The zero-order valence-corrected chi connectivity index (χ0v) is 20.2. The second kappa shape index (κ2) is 10.00. The van der Waals surface area contributed by atoms with Gasteiger partial charge in [-0.3, -0.25) is 0 Å². The third-order valence-corrected chi connectivity index (χ3v) is 9.76. The summed E-state index contributed by atoms with van der Waals surface area (Å²) in [5.74, 6) is 5.42. The van der Waals surface area contributed by atoms with Crippen LogP contribution in [0.5, 0.6) is 0 Å². The first-order valence-corrected chi connectivity index (χ1v) is 12.9. The molecule has 1 heteroatoms. The fourth-order valence-corrected chi connectivity index (χ4v) is 8.56. The van der Waals surface area contributed by atoms with Crippen molar-refractivity contribution in [1.82, 2.24) is 0 Å². The molecule has 0 heterocycles. The van der Waals surface area contributed by atoms with Crippen LogP contribution in [0.3, 0.4) is 0 Å². The van der Waals surface area contributed by atoms with Crippen LogP contribution in [0.1, 0.15) is 119 Å². The Morgan fingerprint density at radius 3 is 2.18 bits per heavy atom. The number of fused-ring (bicyclic) bond motifs is 5. The van der Waals surface area contributed by atoms with E-state index in [4.69, 9.17) is 0 Å². The van der Waals surface area contributed by atoms with Gasteiger partial charge < -0.3 is 0 Å². The Hall–Kier alpha value is -0.510. The molecular formula is C27H49N. The maximum Gasteiger partial charge on any atom is 0.0624 e. The van der Waals surface area contributed by atoms with Gasteiger partial charge in [0.05, 0.1) is 6.07 Å². The summed E-state index contributed by atoms with van der Waals surface area (Å²) in [7, 11) is 0. The summed E-state index contributed by atoms with van der Waals surface area (Å²) in [4.78, 5) is 0. The van der Waals surface area contributed by atoms with E-state index in [1.807, 2.05) is 27.7 Å². The van der Waals surface area contributed by atoms with Crippen molar-refractivity contribution >= 4 is 0 Å². The minimum absolute atomic E-state index is 0.537. The number of nitrogens with zero attached hydrogens (tertiary/aromatic N) is 1. The molecule has 0 aromatic carbocycles. The molecular weight excluding hydrogens is 338 g/mol. The van der Waals surface area contributed by atoms with Gasteiger partial charge in [0.15, 0.2) is 0 Å². The molecule has 7 unspecified atom stereocenters. The predicted octanol–water partition coefficient (Wildman–Crippen LogP) is 8.64. The molecule has 0 bridgehead atoms. The first-order chi connectivity index (χ1) is 13.5. The van der Waals surface area contributed by atoms with Gasteiger partial charge in [0.1, 0.15) is 0 Å². The van der Waals surface area contributed by atoms with Crippen LogP contribution in [-0.4, -0.2) is 0 Å².